The van der Waals surface area contributed by atoms with Gasteiger partial charge in [0.15, 0.2) is 5.79 Å². The van der Waals surface area contributed by atoms with Gasteiger partial charge in [-0.25, -0.2) is 0 Å². The van der Waals surface area contributed by atoms with E-state index in [9.17, 15) is 4.79 Å². The minimum Gasteiger partial charge on any atom is -0.469 e. The van der Waals surface area contributed by atoms with Gasteiger partial charge in [-0.15, -0.1) is 0 Å². The van der Waals surface area contributed by atoms with Gasteiger partial charge in [-0.3, -0.25) is 4.79 Å². The molecule has 0 aromatic heterocycles. The van der Waals surface area contributed by atoms with E-state index in [0.717, 1.165) is 6.42 Å². The van der Waals surface area contributed by atoms with E-state index in [1.807, 2.05) is 0 Å². The Bertz CT molecular complexity index is 576. The lowest BCUT2D eigenvalue weighted by molar-refractivity contribution is -0.261. The first-order valence-electron chi connectivity index (χ1n) is 7.30. The quantitative estimate of drug-likeness (QED) is 0.632. The fourth-order valence-electron chi connectivity index (χ4n) is 4.29. The first-order chi connectivity index (χ1) is 10.0. The molecular formula is C17H22O4. The molecular weight excluding hydrogens is 268 g/mol. The molecule has 4 nitrogen and oxygen atoms in total. The predicted octanol–water partition coefficient (Wildman–Crippen LogP) is 2.22. The molecule has 0 saturated carbocycles. The Balaban J connectivity index is 2.15. The normalized spacial score (nSPS) is 29.0. The Morgan fingerprint density at radius 2 is 1.86 bits per heavy atom. The maximum absolute atomic E-state index is 12.1. The van der Waals surface area contributed by atoms with Crippen LogP contribution in [0.1, 0.15) is 30.0 Å². The zero-order valence-corrected chi connectivity index (χ0v) is 13.1. The van der Waals surface area contributed by atoms with Crippen LogP contribution in [0.5, 0.6) is 0 Å². The number of carbonyl (C=O) groups excluding carboxylic acids is 1. The Labute approximate surface area is 125 Å². The molecule has 0 N–H and O–H groups in total. The van der Waals surface area contributed by atoms with Crippen molar-refractivity contribution in [3.8, 4) is 0 Å². The van der Waals surface area contributed by atoms with Crippen molar-refractivity contribution in [2.75, 3.05) is 21.3 Å². The molecule has 21 heavy (non-hydrogen) atoms. The minimum atomic E-state index is -0.786. The van der Waals surface area contributed by atoms with Gasteiger partial charge in [-0.2, -0.15) is 0 Å². The third kappa shape index (κ3) is 1.79. The van der Waals surface area contributed by atoms with Crippen molar-refractivity contribution in [2.45, 2.75) is 37.4 Å². The molecule has 0 saturated heterocycles. The molecule has 2 atom stereocenters. The van der Waals surface area contributed by atoms with Crippen LogP contribution in [-0.4, -0.2) is 33.1 Å². The van der Waals surface area contributed by atoms with Gasteiger partial charge in [0.2, 0.25) is 0 Å². The number of benzene rings is 1. The van der Waals surface area contributed by atoms with Crippen LogP contribution in [0, 0.1) is 5.92 Å². The van der Waals surface area contributed by atoms with Gasteiger partial charge < -0.3 is 14.2 Å². The SMILES string of the molecule is COC(=O)[C@H]1Cc2cccc3c2[C@](C)(C3)C(OC)(OC)C1. The largest absolute Gasteiger partial charge is 0.469 e. The highest BCUT2D eigenvalue weighted by atomic mass is 16.7. The van der Waals surface area contributed by atoms with E-state index in [0.29, 0.717) is 12.8 Å². The second-order valence-electron chi connectivity index (χ2n) is 6.25. The lowest BCUT2D eigenvalue weighted by atomic mass is 9.59. The van der Waals surface area contributed by atoms with Crippen molar-refractivity contribution in [1.29, 1.82) is 0 Å². The van der Waals surface area contributed by atoms with E-state index in [2.05, 4.69) is 25.1 Å². The number of hydrogen-bond acceptors (Lipinski definition) is 4. The van der Waals surface area contributed by atoms with Gasteiger partial charge >= 0.3 is 5.97 Å². The molecule has 2 aliphatic rings. The highest BCUT2D eigenvalue weighted by Gasteiger charge is 2.60. The zero-order chi connectivity index (χ0) is 15.3. The van der Waals surface area contributed by atoms with Crippen LogP contribution in [-0.2, 0) is 37.3 Å². The second kappa shape index (κ2) is 4.82. The van der Waals surface area contributed by atoms with Crippen molar-refractivity contribution < 1.29 is 19.0 Å². The summed E-state index contributed by atoms with van der Waals surface area (Å²) in [6, 6.07) is 6.32. The molecule has 114 valence electrons. The Hall–Kier alpha value is -1.39. The second-order valence-corrected chi connectivity index (χ2v) is 6.25. The number of esters is 1. The Kier molecular flexibility index (Phi) is 3.34. The smallest absolute Gasteiger partial charge is 0.309 e. The Morgan fingerprint density at radius 1 is 1.19 bits per heavy atom. The molecule has 0 aliphatic heterocycles. The number of hydrogen-bond donors (Lipinski definition) is 0. The molecule has 0 spiro atoms. The lowest BCUT2D eigenvalue weighted by Crippen LogP contribution is -2.59. The van der Waals surface area contributed by atoms with Crippen LogP contribution in [0.15, 0.2) is 18.2 Å². The summed E-state index contributed by atoms with van der Waals surface area (Å²) in [6.07, 6.45) is 2.10. The number of methoxy groups -OCH3 is 3. The van der Waals surface area contributed by atoms with Crippen LogP contribution < -0.4 is 0 Å². The average Bonchev–Trinajstić information content (AvgIpc) is 2.58. The van der Waals surface area contributed by atoms with Crippen LogP contribution >= 0.6 is 0 Å². The molecule has 0 amide bonds. The molecule has 3 rings (SSSR count). The van der Waals surface area contributed by atoms with Crippen molar-refractivity contribution >= 4 is 5.97 Å². The molecule has 1 aromatic carbocycles. The zero-order valence-electron chi connectivity index (χ0n) is 13.1. The summed E-state index contributed by atoms with van der Waals surface area (Å²) in [5.41, 5.74) is 3.62. The molecule has 0 fully saturated rings. The van der Waals surface area contributed by atoms with Gasteiger partial charge in [0.05, 0.1) is 18.4 Å². The van der Waals surface area contributed by atoms with Crippen molar-refractivity contribution in [3.63, 3.8) is 0 Å². The fourth-order valence-corrected chi connectivity index (χ4v) is 4.29. The highest BCUT2D eigenvalue weighted by Crippen LogP contribution is 2.55. The summed E-state index contributed by atoms with van der Waals surface area (Å²) in [5, 5.41) is 0. The van der Waals surface area contributed by atoms with Crippen molar-refractivity contribution in [3.05, 3.63) is 34.9 Å². The third-order valence-electron chi connectivity index (χ3n) is 5.35. The maximum Gasteiger partial charge on any atom is 0.309 e. The summed E-state index contributed by atoms with van der Waals surface area (Å²) in [6.45, 7) is 2.17. The van der Waals surface area contributed by atoms with E-state index < -0.39 is 5.79 Å². The lowest BCUT2D eigenvalue weighted by Gasteiger charge is -2.53. The molecule has 0 bridgehead atoms. The van der Waals surface area contributed by atoms with Crippen LogP contribution in [0.4, 0.5) is 0 Å². The summed E-state index contributed by atoms with van der Waals surface area (Å²) in [5.74, 6) is -1.23. The predicted molar refractivity (Wildman–Crippen MR) is 78.1 cm³/mol. The number of rotatable bonds is 3. The third-order valence-corrected chi connectivity index (χ3v) is 5.35. The molecule has 0 heterocycles. The maximum atomic E-state index is 12.1. The first kappa shape index (κ1) is 14.5. The van der Waals surface area contributed by atoms with Crippen LogP contribution in [0.25, 0.3) is 0 Å². The van der Waals surface area contributed by atoms with Crippen LogP contribution in [0.2, 0.25) is 0 Å². The summed E-state index contributed by atoms with van der Waals surface area (Å²) >= 11 is 0. The molecule has 4 heteroatoms. The molecule has 0 radical (unpaired) electrons. The molecule has 1 aromatic rings. The monoisotopic (exact) mass is 290 g/mol. The minimum absolute atomic E-state index is 0.198. The standard InChI is InChI=1S/C17H22O4/c1-16-9-12-7-5-6-11(14(12)16)8-13(15(18)19-2)10-17(16,20-3)21-4/h5-7,13H,8-10H2,1-4H3/t13-,16-/m0/s1. The van der Waals surface area contributed by atoms with E-state index >= 15 is 0 Å². The van der Waals surface area contributed by atoms with E-state index in [1.54, 1.807) is 14.2 Å². The highest BCUT2D eigenvalue weighted by molar-refractivity contribution is 5.73. The van der Waals surface area contributed by atoms with E-state index in [4.69, 9.17) is 14.2 Å². The summed E-state index contributed by atoms with van der Waals surface area (Å²) < 4.78 is 16.6. The summed E-state index contributed by atoms with van der Waals surface area (Å²) in [7, 11) is 4.76. The van der Waals surface area contributed by atoms with Gasteiger partial charge in [0, 0.05) is 20.6 Å². The van der Waals surface area contributed by atoms with Gasteiger partial charge in [-0.05, 0) is 36.5 Å². The summed E-state index contributed by atoms with van der Waals surface area (Å²) in [4.78, 5) is 12.1. The van der Waals surface area contributed by atoms with Crippen LogP contribution in [0.3, 0.4) is 0 Å². The van der Waals surface area contributed by atoms with E-state index in [1.165, 1.54) is 23.8 Å². The number of ether oxygens (including phenoxy) is 3. The van der Waals surface area contributed by atoms with Crippen molar-refractivity contribution in [2.24, 2.45) is 5.92 Å². The van der Waals surface area contributed by atoms with Gasteiger partial charge in [0.25, 0.3) is 0 Å². The van der Waals surface area contributed by atoms with E-state index in [-0.39, 0.29) is 17.3 Å². The molecule has 0 unspecified atom stereocenters. The van der Waals surface area contributed by atoms with Crippen molar-refractivity contribution in [1.82, 2.24) is 0 Å². The topological polar surface area (TPSA) is 44.8 Å². The number of carbonyl (C=O) groups is 1. The first-order valence-corrected chi connectivity index (χ1v) is 7.30. The van der Waals surface area contributed by atoms with Gasteiger partial charge in [-0.1, -0.05) is 18.2 Å². The fraction of sp³-hybridized carbons (Fsp3) is 0.588. The average molecular weight is 290 g/mol. The molecule has 2 aliphatic carbocycles. The van der Waals surface area contributed by atoms with Gasteiger partial charge in [0.1, 0.15) is 0 Å². The Morgan fingerprint density at radius 3 is 2.48 bits per heavy atom.